The number of hydrogen-bond donors (Lipinski definition) is 1. The van der Waals surface area contributed by atoms with Crippen molar-refractivity contribution in [1.82, 2.24) is 0 Å². The molecule has 0 radical (unpaired) electrons. The second kappa shape index (κ2) is 6.18. The minimum Gasteiger partial charge on any atom is -0.466 e. The lowest BCUT2D eigenvalue weighted by Gasteiger charge is -2.08. The summed E-state index contributed by atoms with van der Waals surface area (Å²) in [4.78, 5) is 11.1. The summed E-state index contributed by atoms with van der Waals surface area (Å²) in [6, 6.07) is 7.27. The van der Waals surface area contributed by atoms with Crippen molar-refractivity contribution in [2.75, 3.05) is 12.4 Å². The van der Waals surface area contributed by atoms with Gasteiger partial charge < -0.3 is 10.1 Å². The van der Waals surface area contributed by atoms with Crippen LogP contribution in [-0.4, -0.2) is 13.1 Å². The fourth-order valence-electron chi connectivity index (χ4n) is 1.15. The summed E-state index contributed by atoms with van der Waals surface area (Å²) in [6.07, 6.45) is 2.16. The minimum absolute atomic E-state index is 0.363. The summed E-state index contributed by atoms with van der Waals surface area (Å²) < 4.78 is 4.56. The highest BCUT2D eigenvalue weighted by Gasteiger charge is 2.00. The third-order valence-electron chi connectivity index (χ3n) is 2.02. The van der Waals surface area contributed by atoms with E-state index in [1.165, 1.54) is 13.2 Å². The summed E-state index contributed by atoms with van der Waals surface area (Å²) in [7, 11) is 1.36. The molecule has 0 aromatic heterocycles. The van der Waals surface area contributed by atoms with Crippen molar-refractivity contribution in [2.45, 2.75) is 13.3 Å². The molecule has 0 aliphatic heterocycles. The number of anilines is 1. The van der Waals surface area contributed by atoms with Gasteiger partial charge in [-0.2, -0.15) is 0 Å². The van der Waals surface area contributed by atoms with Crippen molar-refractivity contribution >= 4 is 23.3 Å². The van der Waals surface area contributed by atoms with Gasteiger partial charge in [0.25, 0.3) is 0 Å². The van der Waals surface area contributed by atoms with Crippen LogP contribution in [0.25, 0.3) is 0 Å². The lowest BCUT2D eigenvalue weighted by molar-refractivity contribution is -0.134. The van der Waals surface area contributed by atoms with Crippen molar-refractivity contribution in [2.24, 2.45) is 0 Å². The van der Waals surface area contributed by atoms with Crippen LogP contribution in [0.15, 0.2) is 36.0 Å². The molecule has 0 atom stereocenters. The van der Waals surface area contributed by atoms with E-state index in [1.54, 1.807) is 12.1 Å². The smallest absolute Gasteiger partial charge is 0.332 e. The quantitative estimate of drug-likeness (QED) is 0.648. The van der Waals surface area contributed by atoms with Crippen molar-refractivity contribution in [3.05, 3.63) is 41.1 Å². The number of benzene rings is 1. The second-order valence-electron chi connectivity index (χ2n) is 3.18. The molecule has 0 saturated carbocycles. The number of allylic oxidation sites excluding steroid dienone is 1. The van der Waals surface area contributed by atoms with Crippen LogP contribution < -0.4 is 5.32 Å². The van der Waals surface area contributed by atoms with Gasteiger partial charge in [-0.15, -0.1) is 0 Å². The molecule has 86 valence electrons. The van der Waals surface area contributed by atoms with Gasteiger partial charge in [0.2, 0.25) is 0 Å². The largest absolute Gasteiger partial charge is 0.466 e. The molecule has 1 rings (SSSR count). The average Bonchev–Trinajstić information content (AvgIpc) is 2.30. The van der Waals surface area contributed by atoms with E-state index in [4.69, 9.17) is 11.6 Å². The second-order valence-corrected chi connectivity index (χ2v) is 3.61. The Hall–Kier alpha value is -1.48. The van der Waals surface area contributed by atoms with Gasteiger partial charge in [-0.1, -0.05) is 18.5 Å². The topological polar surface area (TPSA) is 38.3 Å². The first kappa shape index (κ1) is 12.6. The number of rotatable bonds is 4. The predicted molar refractivity (Wildman–Crippen MR) is 65.5 cm³/mol. The molecule has 0 aliphatic carbocycles. The maximum atomic E-state index is 11.1. The molecule has 3 nitrogen and oxygen atoms in total. The molecule has 0 unspecified atom stereocenters. The predicted octanol–water partition coefficient (Wildman–Crippen LogP) is 3.22. The van der Waals surface area contributed by atoms with Gasteiger partial charge in [-0.05, 0) is 30.7 Å². The Morgan fingerprint density at radius 3 is 2.56 bits per heavy atom. The fourth-order valence-corrected chi connectivity index (χ4v) is 1.27. The van der Waals surface area contributed by atoms with Crippen LogP contribution in [0.5, 0.6) is 0 Å². The van der Waals surface area contributed by atoms with E-state index in [1.807, 2.05) is 19.1 Å². The highest BCUT2D eigenvalue weighted by molar-refractivity contribution is 6.30. The highest BCUT2D eigenvalue weighted by Crippen LogP contribution is 2.16. The number of esters is 1. The van der Waals surface area contributed by atoms with E-state index >= 15 is 0 Å². The molecular weight excluding hydrogens is 226 g/mol. The molecule has 0 amide bonds. The summed E-state index contributed by atoms with van der Waals surface area (Å²) in [5, 5.41) is 3.80. The molecule has 1 N–H and O–H groups in total. The van der Waals surface area contributed by atoms with Crippen LogP contribution in [0.2, 0.25) is 5.02 Å². The SMILES string of the molecule is CCC(=CC(=O)OC)Nc1ccc(Cl)cc1. The number of hydrogen-bond acceptors (Lipinski definition) is 3. The number of halogens is 1. The van der Waals surface area contributed by atoms with Crippen LogP contribution in [-0.2, 0) is 9.53 Å². The Morgan fingerprint density at radius 2 is 2.06 bits per heavy atom. The zero-order valence-electron chi connectivity index (χ0n) is 9.29. The maximum Gasteiger partial charge on any atom is 0.332 e. The van der Waals surface area contributed by atoms with Gasteiger partial charge in [0.1, 0.15) is 0 Å². The zero-order chi connectivity index (χ0) is 12.0. The van der Waals surface area contributed by atoms with Crippen molar-refractivity contribution in [3.63, 3.8) is 0 Å². The third kappa shape index (κ3) is 3.95. The highest BCUT2D eigenvalue weighted by atomic mass is 35.5. The molecule has 0 saturated heterocycles. The fraction of sp³-hybridized carbons (Fsp3) is 0.250. The van der Waals surface area contributed by atoms with Crippen LogP contribution in [0.1, 0.15) is 13.3 Å². The monoisotopic (exact) mass is 239 g/mol. The summed E-state index contributed by atoms with van der Waals surface area (Å²) in [6.45, 7) is 1.96. The Morgan fingerprint density at radius 1 is 1.44 bits per heavy atom. The molecular formula is C12H14ClNO2. The van der Waals surface area contributed by atoms with E-state index in [-0.39, 0.29) is 5.97 Å². The molecule has 0 bridgehead atoms. The van der Waals surface area contributed by atoms with Gasteiger partial charge in [0.05, 0.1) is 7.11 Å². The number of ether oxygens (including phenoxy) is 1. The molecule has 16 heavy (non-hydrogen) atoms. The molecule has 1 aromatic carbocycles. The van der Waals surface area contributed by atoms with Crippen molar-refractivity contribution < 1.29 is 9.53 Å². The molecule has 0 aliphatic rings. The molecule has 1 aromatic rings. The summed E-state index contributed by atoms with van der Waals surface area (Å²) in [5.41, 5.74) is 1.69. The van der Waals surface area contributed by atoms with Crippen LogP contribution in [0.4, 0.5) is 5.69 Å². The van der Waals surface area contributed by atoms with Gasteiger partial charge in [0, 0.05) is 22.5 Å². The van der Waals surface area contributed by atoms with Gasteiger partial charge >= 0.3 is 5.97 Å². The lowest BCUT2D eigenvalue weighted by Crippen LogP contribution is -2.03. The zero-order valence-corrected chi connectivity index (χ0v) is 10.0. The molecule has 4 heteroatoms. The Bertz CT molecular complexity index is 385. The van der Waals surface area contributed by atoms with Crippen LogP contribution >= 0.6 is 11.6 Å². The van der Waals surface area contributed by atoms with Crippen molar-refractivity contribution in [1.29, 1.82) is 0 Å². The molecule has 0 spiro atoms. The number of carbonyl (C=O) groups is 1. The van der Waals surface area contributed by atoms with E-state index in [9.17, 15) is 4.79 Å². The standard InChI is InChI=1S/C12H14ClNO2/c1-3-10(8-12(15)16-2)14-11-6-4-9(13)5-7-11/h4-8,14H,3H2,1-2H3. The molecule has 0 heterocycles. The van der Waals surface area contributed by atoms with E-state index in [0.29, 0.717) is 5.02 Å². The van der Waals surface area contributed by atoms with Crippen LogP contribution in [0.3, 0.4) is 0 Å². The van der Waals surface area contributed by atoms with E-state index in [0.717, 1.165) is 17.8 Å². The van der Waals surface area contributed by atoms with Gasteiger partial charge in [-0.3, -0.25) is 0 Å². The van der Waals surface area contributed by atoms with Gasteiger partial charge in [-0.25, -0.2) is 4.79 Å². The molecule has 0 fully saturated rings. The maximum absolute atomic E-state index is 11.1. The van der Waals surface area contributed by atoms with Crippen molar-refractivity contribution in [3.8, 4) is 0 Å². The minimum atomic E-state index is -0.363. The third-order valence-corrected chi connectivity index (χ3v) is 2.28. The van der Waals surface area contributed by atoms with Gasteiger partial charge in [0.15, 0.2) is 0 Å². The van der Waals surface area contributed by atoms with E-state index < -0.39 is 0 Å². The first-order valence-electron chi connectivity index (χ1n) is 4.96. The lowest BCUT2D eigenvalue weighted by atomic mass is 10.2. The number of nitrogens with one attached hydrogen (secondary N) is 1. The Labute approximate surface area is 100 Å². The van der Waals surface area contributed by atoms with E-state index in [2.05, 4.69) is 10.1 Å². The number of carbonyl (C=O) groups excluding carboxylic acids is 1. The first-order valence-corrected chi connectivity index (χ1v) is 5.34. The summed E-state index contributed by atoms with van der Waals surface area (Å²) in [5.74, 6) is -0.363. The van der Waals surface area contributed by atoms with Crippen LogP contribution in [0, 0.1) is 0 Å². The Balaban J connectivity index is 2.74. The normalized spacial score (nSPS) is 11.1. The average molecular weight is 240 g/mol. The summed E-state index contributed by atoms with van der Waals surface area (Å²) >= 11 is 5.77. The first-order chi connectivity index (χ1) is 7.65. The number of methoxy groups -OCH3 is 1. The Kier molecular flexibility index (Phi) is 4.86.